The van der Waals surface area contributed by atoms with E-state index in [1.54, 1.807) is 30.3 Å². The number of carbonyl (C=O) groups is 1. The maximum Gasteiger partial charge on any atom is 0.416 e. The first-order valence-electron chi connectivity index (χ1n) is 9.04. The van der Waals surface area contributed by atoms with Crippen LogP contribution in [0.1, 0.15) is 33.9 Å². The van der Waals surface area contributed by atoms with Gasteiger partial charge in [-0.25, -0.2) is 14.8 Å². The average molecular weight is 411 g/mol. The van der Waals surface area contributed by atoms with Crippen molar-refractivity contribution in [3.8, 4) is 17.3 Å². The van der Waals surface area contributed by atoms with E-state index in [4.69, 9.17) is 10.00 Å². The highest BCUT2D eigenvalue weighted by Gasteiger charge is 2.30. The number of esters is 1. The van der Waals surface area contributed by atoms with Gasteiger partial charge in [0.1, 0.15) is 6.07 Å². The molecule has 0 radical (unpaired) electrons. The zero-order valence-corrected chi connectivity index (χ0v) is 15.7. The van der Waals surface area contributed by atoms with Crippen molar-refractivity contribution in [3.05, 3.63) is 83.3 Å². The van der Waals surface area contributed by atoms with Crippen molar-refractivity contribution in [1.82, 2.24) is 9.97 Å². The summed E-state index contributed by atoms with van der Waals surface area (Å²) >= 11 is 0. The first-order chi connectivity index (χ1) is 14.4. The number of aryl methyl sites for hydroxylation is 1. The largest absolute Gasteiger partial charge is 0.462 e. The highest BCUT2D eigenvalue weighted by Crippen LogP contribution is 2.31. The Labute approximate surface area is 170 Å². The van der Waals surface area contributed by atoms with Gasteiger partial charge in [0.25, 0.3) is 0 Å². The van der Waals surface area contributed by atoms with Gasteiger partial charge in [0.05, 0.1) is 23.4 Å². The number of nitrogens with zero attached hydrogens (tertiary/aromatic N) is 3. The van der Waals surface area contributed by atoms with Crippen LogP contribution in [-0.2, 0) is 17.3 Å². The van der Waals surface area contributed by atoms with Crippen LogP contribution in [0.25, 0.3) is 11.3 Å². The first kappa shape index (κ1) is 21.0. The number of nitriles is 1. The smallest absolute Gasteiger partial charge is 0.416 e. The lowest BCUT2D eigenvalue weighted by molar-refractivity contribution is -0.137. The lowest BCUT2D eigenvalue weighted by Crippen LogP contribution is -2.08. The van der Waals surface area contributed by atoms with Gasteiger partial charge in [0.2, 0.25) is 5.82 Å². The molecule has 0 bridgehead atoms. The van der Waals surface area contributed by atoms with Crippen LogP contribution in [0, 0.1) is 11.3 Å². The molecule has 5 nitrogen and oxygen atoms in total. The van der Waals surface area contributed by atoms with Crippen LogP contribution >= 0.6 is 0 Å². The predicted molar refractivity (Wildman–Crippen MR) is 102 cm³/mol. The molecular formula is C22H16F3N3O2. The number of benzene rings is 2. The Morgan fingerprint density at radius 1 is 1.03 bits per heavy atom. The number of hydrogen-bond donors (Lipinski definition) is 0. The molecule has 0 spiro atoms. The Morgan fingerprint density at radius 2 is 1.80 bits per heavy atom. The minimum atomic E-state index is -4.48. The third-order valence-electron chi connectivity index (χ3n) is 4.18. The normalized spacial score (nSPS) is 11.0. The Morgan fingerprint density at radius 3 is 2.50 bits per heavy atom. The second-order valence-electron chi connectivity index (χ2n) is 6.36. The van der Waals surface area contributed by atoms with E-state index in [9.17, 15) is 18.0 Å². The number of rotatable bonds is 6. The number of halogens is 3. The molecule has 0 N–H and O–H groups in total. The molecule has 0 aliphatic rings. The molecule has 30 heavy (non-hydrogen) atoms. The second kappa shape index (κ2) is 9.18. The third-order valence-corrected chi connectivity index (χ3v) is 4.18. The molecule has 0 aliphatic heterocycles. The SMILES string of the molecule is N#Cc1nc(CCCOC(=O)c2ccccc2)cc(-c2cccc(C(F)(F)F)c2)n1. The number of aromatic nitrogens is 2. The fraction of sp³-hybridized carbons (Fsp3) is 0.182. The summed E-state index contributed by atoms with van der Waals surface area (Å²) in [6, 6.07) is 16.6. The fourth-order valence-electron chi connectivity index (χ4n) is 2.75. The summed E-state index contributed by atoms with van der Waals surface area (Å²) in [6.45, 7) is 0.137. The molecular weight excluding hydrogens is 395 g/mol. The van der Waals surface area contributed by atoms with Crippen LogP contribution < -0.4 is 0 Å². The minimum absolute atomic E-state index is 0.137. The minimum Gasteiger partial charge on any atom is -0.462 e. The van der Waals surface area contributed by atoms with Crippen LogP contribution in [0.2, 0.25) is 0 Å². The van der Waals surface area contributed by atoms with Gasteiger partial charge in [-0.05, 0) is 43.2 Å². The van der Waals surface area contributed by atoms with Gasteiger partial charge in [-0.2, -0.15) is 18.4 Å². The monoisotopic (exact) mass is 411 g/mol. The van der Waals surface area contributed by atoms with Crippen LogP contribution in [0.3, 0.4) is 0 Å². The van der Waals surface area contributed by atoms with E-state index >= 15 is 0 Å². The van der Waals surface area contributed by atoms with E-state index in [-0.39, 0.29) is 23.7 Å². The molecule has 3 aromatic rings. The highest BCUT2D eigenvalue weighted by molar-refractivity contribution is 5.89. The van der Waals surface area contributed by atoms with Crippen molar-refractivity contribution in [2.75, 3.05) is 6.61 Å². The van der Waals surface area contributed by atoms with E-state index in [1.165, 1.54) is 18.2 Å². The van der Waals surface area contributed by atoms with E-state index in [0.29, 0.717) is 24.1 Å². The molecule has 0 aliphatic carbocycles. The Bertz CT molecular complexity index is 1080. The zero-order chi connectivity index (χ0) is 21.6. The lowest BCUT2D eigenvalue weighted by Gasteiger charge is -2.10. The van der Waals surface area contributed by atoms with Crippen molar-refractivity contribution < 1.29 is 22.7 Å². The lowest BCUT2D eigenvalue weighted by atomic mass is 10.1. The molecule has 0 saturated heterocycles. The summed E-state index contributed by atoms with van der Waals surface area (Å²) in [5.74, 6) is -0.582. The van der Waals surface area contributed by atoms with E-state index < -0.39 is 17.7 Å². The molecule has 0 unspecified atom stereocenters. The van der Waals surface area contributed by atoms with E-state index in [1.807, 2.05) is 6.07 Å². The summed E-state index contributed by atoms with van der Waals surface area (Å²) < 4.78 is 44.1. The van der Waals surface area contributed by atoms with Gasteiger partial charge in [-0.1, -0.05) is 30.3 Å². The summed E-state index contributed by atoms with van der Waals surface area (Å²) in [6.07, 6.45) is -3.68. The number of ether oxygens (including phenoxy) is 1. The third kappa shape index (κ3) is 5.41. The van der Waals surface area contributed by atoms with Crippen molar-refractivity contribution in [1.29, 1.82) is 5.26 Å². The number of alkyl halides is 3. The van der Waals surface area contributed by atoms with Gasteiger partial charge in [-0.15, -0.1) is 0 Å². The average Bonchev–Trinajstić information content (AvgIpc) is 2.76. The predicted octanol–water partition coefficient (Wildman–Crippen LogP) is 4.82. The molecule has 152 valence electrons. The Balaban J connectivity index is 1.69. The quantitative estimate of drug-likeness (QED) is 0.429. The summed E-state index contributed by atoms with van der Waals surface area (Å²) in [7, 11) is 0. The Hall–Kier alpha value is -3.73. The molecule has 8 heteroatoms. The van der Waals surface area contributed by atoms with Gasteiger partial charge in [0, 0.05) is 11.3 Å². The summed E-state index contributed by atoms with van der Waals surface area (Å²) in [4.78, 5) is 20.0. The topological polar surface area (TPSA) is 75.9 Å². The van der Waals surface area contributed by atoms with Crippen LogP contribution in [-0.4, -0.2) is 22.5 Å². The molecule has 0 fully saturated rings. The van der Waals surface area contributed by atoms with Crippen molar-refractivity contribution >= 4 is 5.97 Å². The molecule has 2 aromatic carbocycles. The molecule has 1 aromatic heterocycles. The van der Waals surface area contributed by atoms with Crippen molar-refractivity contribution in [3.63, 3.8) is 0 Å². The van der Waals surface area contributed by atoms with Gasteiger partial charge in [-0.3, -0.25) is 0 Å². The van der Waals surface area contributed by atoms with Crippen LogP contribution in [0.15, 0.2) is 60.7 Å². The fourth-order valence-corrected chi connectivity index (χ4v) is 2.75. The zero-order valence-electron chi connectivity index (χ0n) is 15.7. The van der Waals surface area contributed by atoms with Gasteiger partial charge < -0.3 is 4.74 Å². The number of hydrogen-bond acceptors (Lipinski definition) is 5. The van der Waals surface area contributed by atoms with Crippen molar-refractivity contribution in [2.45, 2.75) is 19.0 Å². The molecule has 3 rings (SSSR count). The first-order valence-corrected chi connectivity index (χ1v) is 9.04. The highest BCUT2D eigenvalue weighted by atomic mass is 19.4. The maximum atomic E-state index is 13.0. The maximum absolute atomic E-state index is 13.0. The standard InChI is InChI=1S/C22H16F3N3O2/c23-22(24,25)17-9-4-8-16(12-17)19-13-18(27-20(14-26)28-19)10-5-11-30-21(29)15-6-2-1-3-7-15/h1-4,6-9,12-13H,5,10-11H2. The molecule has 0 atom stereocenters. The Kier molecular flexibility index (Phi) is 6.42. The summed E-state index contributed by atoms with van der Waals surface area (Å²) in [5, 5.41) is 9.16. The number of carbonyl (C=O) groups excluding carboxylic acids is 1. The van der Waals surface area contributed by atoms with Crippen LogP contribution in [0.5, 0.6) is 0 Å². The molecule has 0 saturated carbocycles. The molecule has 0 amide bonds. The second-order valence-corrected chi connectivity index (χ2v) is 6.36. The van der Waals surface area contributed by atoms with E-state index in [2.05, 4.69) is 9.97 Å². The van der Waals surface area contributed by atoms with Gasteiger partial charge in [0.15, 0.2) is 0 Å². The summed E-state index contributed by atoms with van der Waals surface area (Å²) in [5.41, 5.74) is 0.582. The van der Waals surface area contributed by atoms with Crippen molar-refractivity contribution in [2.24, 2.45) is 0 Å². The van der Waals surface area contributed by atoms with E-state index in [0.717, 1.165) is 12.1 Å². The van der Waals surface area contributed by atoms with Crippen LogP contribution in [0.4, 0.5) is 13.2 Å². The van der Waals surface area contributed by atoms with Gasteiger partial charge >= 0.3 is 12.1 Å². The molecule has 1 heterocycles.